The van der Waals surface area contributed by atoms with E-state index in [0.717, 1.165) is 18.6 Å². The Morgan fingerprint density at radius 3 is 2.74 bits per heavy atom. The van der Waals surface area contributed by atoms with E-state index < -0.39 is 5.54 Å². The van der Waals surface area contributed by atoms with Crippen LogP contribution in [0.15, 0.2) is 30.3 Å². The molecule has 4 nitrogen and oxygen atoms in total. The van der Waals surface area contributed by atoms with Crippen molar-refractivity contribution in [3.05, 3.63) is 30.3 Å². The van der Waals surface area contributed by atoms with E-state index in [0.29, 0.717) is 13.0 Å². The van der Waals surface area contributed by atoms with Gasteiger partial charge >= 0.3 is 0 Å². The van der Waals surface area contributed by atoms with Crippen molar-refractivity contribution in [1.29, 1.82) is 5.26 Å². The number of nitriles is 1. The lowest BCUT2D eigenvalue weighted by Crippen LogP contribution is -2.39. The molecule has 1 atom stereocenters. The van der Waals surface area contributed by atoms with Gasteiger partial charge in [0, 0.05) is 5.92 Å². The molecule has 1 N–H and O–H groups in total. The molecule has 0 aromatic heterocycles. The van der Waals surface area contributed by atoms with Crippen LogP contribution in [0.5, 0.6) is 5.75 Å². The topological polar surface area (TPSA) is 62.1 Å². The summed E-state index contributed by atoms with van der Waals surface area (Å²) in [6.07, 6.45) is 2.17. The number of ether oxygens (including phenoxy) is 1. The highest BCUT2D eigenvalue weighted by Crippen LogP contribution is 2.34. The lowest BCUT2D eigenvalue weighted by Gasteiger charge is -2.15. The Hall–Kier alpha value is -2.02. The first-order valence-corrected chi connectivity index (χ1v) is 6.56. The van der Waals surface area contributed by atoms with Gasteiger partial charge in [0.05, 0.1) is 12.7 Å². The zero-order valence-electron chi connectivity index (χ0n) is 11.1. The van der Waals surface area contributed by atoms with Crippen LogP contribution in [0, 0.1) is 17.2 Å². The van der Waals surface area contributed by atoms with Crippen LogP contribution in [0.1, 0.15) is 26.2 Å². The van der Waals surface area contributed by atoms with E-state index >= 15 is 0 Å². The average Bonchev–Trinajstić information content (AvgIpc) is 3.20. The summed E-state index contributed by atoms with van der Waals surface area (Å²) in [5.41, 5.74) is -0.578. The summed E-state index contributed by atoms with van der Waals surface area (Å²) in [7, 11) is 0. The lowest BCUT2D eigenvalue weighted by atomic mass is 10.1. The monoisotopic (exact) mass is 258 g/mol. The Bertz CT molecular complexity index is 475. The van der Waals surface area contributed by atoms with E-state index in [-0.39, 0.29) is 11.8 Å². The summed E-state index contributed by atoms with van der Waals surface area (Å²) in [5, 5.41) is 11.7. The SMILES string of the molecule is C[C@H](CCOc1ccccc1)C(=O)NC1(C#N)CC1. The van der Waals surface area contributed by atoms with Gasteiger partial charge in [-0.25, -0.2) is 0 Å². The number of nitrogens with one attached hydrogen (secondary N) is 1. The third-order valence-electron chi connectivity index (χ3n) is 3.34. The van der Waals surface area contributed by atoms with Crippen molar-refractivity contribution < 1.29 is 9.53 Å². The van der Waals surface area contributed by atoms with Crippen LogP contribution in [-0.2, 0) is 4.79 Å². The van der Waals surface area contributed by atoms with Crippen molar-refractivity contribution in [1.82, 2.24) is 5.32 Å². The van der Waals surface area contributed by atoms with Gasteiger partial charge in [-0.2, -0.15) is 5.26 Å². The van der Waals surface area contributed by atoms with Crippen LogP contribution < -0.4 is 10.1 Å². The maximum Gasteiger partial charge on any atom is 0.224 e. The number of carbonyl (C=O) groups excluding carboxylic acids is 1. The summed E-state index contributed by atoms with van der Waals surface area (Å²) in [4.78, 5) is 11.9. The third kappa shape index (κ3) is 3.72. The summed E-state index contributed by atoms with van der Waals surface area (Å²) in [6.45, 7) is 2.36. The van der Waals surface area contributed by atoms with E-state index in [9.17, 15) is 4.79 Å². The molecule has 0 heterocycles. The summed E-state index contributed by atoms with van der Waals surface area (Å²) >= 11 is 0. The molecular weight excluding hydrogens is 240 g/mol. The summed E-state index contributed by atoms with van der Waals surface area (Å²) in [6, 6.07) is 11.7. The maximum atomic E-state index is 11.9. The first-order chi connectivity index (χ1) is 9.15. The van der Waals surface area contributed by atoms with Crippen LogP contribution in [0.25, 0.3) is 0 Å². The molecule has 1 aliphatic carbocycles. The quantitative estimate of drug-likeness (QED) is 0.851. The van der Waals surface area contributed by atoms with E-state index in [1.165, 1.54) is 0 Å². The highest BCUT2D eigenvalue weighted by Gasteiger charge is 2.45. The highest BCUT2D eigenvalue weighted by atomic mass is 16.5. The van der Waals surface area contributed by atoms with Gasteiger partial charge in [-0.3, -0.25) is 4.79 Å². The van der Waals surface area contributed by atoms with E-state index in [2.05, 4.69) is 11.4 Å². The molecule has 1 amide bonds. The Morgan fingerprint density at radius 2 is 2.16 bits per heavy atom. The number of amides is 1. The Balaban J connectivity index is 1.71. The van der Waals surface area contributed by atoms with E-state index in [4.69, 9.17) is 10.00 Å². The van der Waals surface area contributed by atoms with Crippen molar-refractivity contribution in [2.24, 2.45) is 5.92 Å². The van der Waals surface area contributed by atoms with Crippen LogP contribution in [0.4, 0.5) is 0 Å². The highest BCUT2D eigenvalue weighted by molar-refractivity contribution is 5.80. The second-order valence-corrected chi connectivity index (χ2v) is 5.03. The zero-order valence-corrected chi connectivity index (χ0v) is 11.1. The minimum atomic E-state index is -0.578. The maximum absolute atomic E-state index is 11.9. The Kier molecular flexibility index (Phi) is 4.06. The van der Waals surface area contributed by atoms with Crippen LogP contribution in [0.2, 0.25) is 0 Å². The van der Waals surface area contributed by atoms with Gasteiger partial charge in [-0.15, -0.1) is 0 Å². The molecule has 0 spiro atoms. The minimum Gasteiger partial charge on any atom is -0.494 e. The van der Waals surface area contributed by atoms with Crippen molar-refractivity contribution in [2.45, 2.75) is 31.7 Å². The van der Waals surface area contributed by atoms with E-state index in [1.807, 2.05) is 37.3 Å². The number of para-hydroxylation sites is 1. The van der Waals surface area contributed by atoms with Crippen molar-refractivity contribution in [3.63, 3.8) is 0 Å². The van der Waals surface area contributed by atoms with Gasteiger partial charge in [0.15, 0.2) is 0 Å². The molecule has 1 saturated carbocycles. The first-order valence-electron chi connectivity index (χ1n) is 6.56. The van der Waals surface area contributed by atoms with E-state index in [1.54, 1.807) is 0 Å². The van der Waals surface area contributed by atoms with Gasteiger partial charge in [-0.1, -0.05) is 25.1 Å². The molecule has 2 rings (SSSR count). The molecular formula is C15H18N2O2. The van der Waals surface area contributed by atoms with Gasteiger partial charge in [-0.05, 0) is 31.4 Å². The molecule has 1 aromatic rings. The lowest BCUT2D eigenvalue weighted by molar-refractivity contribution is -0.125. The molecule has 19 heavy (non-hydrogen) atoms. The first kappa shape index (κ1) is 13.4. The second-order valence-electron chi connectivity index (χ2n) is 5.03. The predicted molar refractivity (Wildman–Crippen MR) is 71.4 cm³/mol. The molecule has 0 aliphatic heterocycles. The molecule has 0 bridgehead atoms. The fourth-order valence-electron chi connectivity index (χ4n) is 1.75. The van der Waals surface area contributed by atoms with Gasteiger partial charge in [0.2, 0.25) is 5.91 Å². The summed E-state index contributed by atoms with van der Waals surface area (Å²) < 4.78 is 5.55. The zero-order chi connectivity index (χ0) is 13.7. The van der Waals surface area contributed by atoms with Crippen LogP contribution in [-0.4, -0.2) is 18.1 Å². The molecule has 0 unspecified atom stereocenters. The van der Waals surface area contributed by atoms with Crippen molar-refractivity contribution in [3.8, 4) is 11.8 Å². The molecule has 0 saturated heterocycles. The largest absolute Gasteiger partial charge is 0.494 e. The van der Waals surface area contributed by atoms with Crippen LogP contribution in [0.3, 0.4) is 0 Å². The number of carbonyl (C=O) groups is 1. The molecule has 100 valence electrons. The van der Waals surface area contributed by atoms with Gasteiger partial charge in [0.25, 0.3) is 0 Å². The second kappa shape index (κ2) is 5.75. The van der Waals surface area contributed by atoms with Crippen molar-refractivity contribution in [2.75, 3.05) is 6.61 Å². The standard InChI is InChI=1S/C15H18N2O2/c1-12(14(18)17-15(11-16)8-9-15)7-10-19-13-5-3-2-4-6-13/h2-6,12H,7-10H2,1H3,(H,17,18)/t12-/m1/s1. The molecule has 1 aliphatic rings. The number of hydrogen-bond acceptors (Lipinski definition) is 3. The number of hydrogen-bond donors (Lipinski definition) is 1. The average molecular weight is 258 g/mol. The summed E-state index contributed by atoms with van der Waals surface area (Å²) in [5.74, 6) is 0.607. The third-order valence-corrected chi connectivity index (χ3v) is 3.34. The molecule has 1 aromatic carbocycles. The minimum absolute atomic E-state index is 0.0595. The van der Waals surface area contributed by atoms with Crippen molar-refractivity contribution >= 4 is 5.91 Å². The number of rotatable bonds is 6. The smallest absolute Gasteiger partial charge is 0.224 e. The fourth-order valence-corrected chi connectivity index (χ4v) is 1.75. The van der Waals surface area contributed by atoms with Gasteiger partial charge < -0.3 is 10.1 Å². The Morgan fingerprint density at radius 1 is 1.47 bits per heavy atom. The molecule has 0 radical (unpaired) electrons. The molecule has 1 fully saturated rings. The molecule has 4 heteroatoms. The predicted octanol–water partition coefficient (Wildman–Crippen LogP) is 2.26. The number of nitrogens with zero attached hydrogens (tertiary/aromatic N) is 1. The normalized spacial score (nSPS) is 17.1. The fraction of sp³-hybridized carbons (Fsp3) is 0.467. The Labute approximate surface area is 113 Å². The van der Waals surface area contributed by atoms with Crippen LogP contribution >= 0.6 is 0 Å². The number of benzene rings is 1. The van der Waals surface area contributed by atoms with Gasteiger partial charge in [0.1, 0.15) is 11.3 Å².